The van der Waals surface area contributed by atoms with E-state index in [0.717, 1.165) is 19.5 Å². The molecular formula is C16H22F3N3OS. The van der Waals surface area contributed by atoms with E-state index in [1.165, 1.54) is 56.6 Å². The summed E-state index contributed by atoms with van der Waals surface area (Å²) in [5, 5.41) is 6.50. The molecule has 0 amide bonds. The molecule has 1 aliphatic heterocycles. The number of thiocarbonyl (C=S) groups is 1. The molecule has 1 fully saturated rings. The average Bonchev–Trinajstić information content (AvgIpc) is 2.53. The Morgan fingerprint density at radius 2 is 1.79 bits per heavy atom. The smallest absolute Gasteiger partial charge is 0.406 e. The molecule has 0 unspecified atom stereocenters. The van der Waals surface area contributed by atoms with Gasteiger partial charge in [0, 0.05) is 12.2 Å². The van der Waals surface area contributed by atoms with Crippen LogP contribution in [-0.2, 0) is 0 Å². The van der Waals surface area contributed by atoms with Crippen molar-refractivity contribution in [3.8, 4) is 5.75 Å². The van der Waals surface area contributed by atoms with Crippen LogP contribution in [0, 0.1) is 0 Å². The number of hydrogen-bond donors (Lipinski definition) is 2. The standard InChI is InChI=1S/C16H22F3N3OS/c17-16(18,19)23-14-7-5-13(6-8-14)21-15(24)20-9-4-12-22-10-2-1-3-11-22/h5-8H,1-4,9-12H2,(H2,20,21,24). The topological polar surface area (TPSA) is 36.5 Å². The van der Waals surface area contributed by atoms with Crippen molar-refractivity contribution < 1.29 is 17.9 Å². The predicted molar refractivity (Wildman–Crippen MR) is 92.3 cm³/mol. The molecule has 1 aromatic carbocycles. The summed E-state index contributed by atoms with van der Waals surface area (Å²) in [5.74, 6) is -0.256. The first kappa shape index (κ1) is 18.8. The van der Waals surface area contributed by atoms with Crippen molar-refractivity contribution in [3.05, 3.63) is 24.3 Å². The number of halogens is 3. The van der Waals surface area contributed by atoms with Gasteiger partial charge in [-0.05, 0) is 75.4 Å². The van der Waals surface area contributed by atoms with Gasteiger partial charge in [0.2, 0.25) is 0 Å². The van der Waals surface area contributed by atoms with Crippen molar-refractivity contribution in [2.75, 3.05) is 31.5 Å². The molecule has 0 saturated carbocycles. The van der Waals surface area contributed by atoms with Crippen LogP contribution in [-0.4, -0.2) is 42.6 Å². The zero-order valence-electron chi connectivity index (χ0n) is 13.4. The number of hydrogen-bond acceptors (Lipinski definition) is 3. The van der Waals surface area contributed by atoms with E-state index in [-0.39, 0.29) is 5.75 Å². The van der Waals surface area contributed by atoms with E-state index in [2.05, 4.69) is 20.3 Å². The minimum absolute atomic E-state index is 0.256. The molecule has 0 aliphatic carbocycles. The van der Waals surface area contributed by atoms with Crippen LogP contribution >= 0.6 is 12.2 Å². The normalized spacial score (nSPS) is 15.8. The highest BCUT2D eigenvalue weighted by Gasteiger charge is 2.30. The van der Waals surface area contributed by atoms with Gasteiger partial charge >= 0.3 is 6.36 Å². The summed E-state index contributed by atoms with van der Waals surface area (Å²) in [6.07, 6.45) is 0.207. The molecule has 0 bridgehead atoms. The van der Waals surface area contributed by atoms with Gasteiger partial charge < -0.3 is 20.3 Å². The number of benzene rings is 1. The monoisotopic (exact) mass is 361 g/mol. The van der Waals surface area contributed by atoms with E-state index in [4.69, 9.17) is 12.2 Å². The highest BCUT2D eigenvalue weighted by atomic mass is 32.1. The van der Waals surface area contributed by atoms with Gasteiger partial charge in [-0.1, -0.05) is 6.42 Å². The molecule has 2 N–H and O–H groups in total. The molecule has 0 radical (unpaired) electrons. The highest BCUT2D eigenvalue weighted by Crippen LogP contribution is 2.23. The summed E-state index contributed by atoms with van der Waals surface area (Å²) >= 11 is 5.18. The van der Waals surface area contributed by atoms with Crippen LogP contribution in [0.4, 0.5) is 18.9 Å². The van der Waals surface area contributed by atoms with Gasteiger partial charge in [-0.15, -0.1) is 13.2 Å². The first-order chi connectivity index (χ1) is 11.4. The van der Waals surface area contributed by atoms with E-state index in [0.29, 0.717) is 10.8 Å². The third-order valence-electron chi connectivity index (χ3n) is 3.73. The number of anilines is 1. The minimum atomic E-state index is -4.68. The van der Waals surface area contributed by atoms with Gasteiger partial charge in [0.15, 0.2) is 5.11 Å². The van der Waals surface area contributed by atoms with Crippen LogP contribution in [0.2, 0.25) is 0 Å². The minimum Gasteiger partial charge on any atom is -0.406 e. The third-order valence-corrected chi connectivity index (χ3v) is 3.98. The Morgan fingerprint density at radius 1 is 1.12 bits per heavy atom. The van der Waals surface area contributed by atoms with Gasteiger partial charge in [-0.2, -0.15) is 0 Å². The summed E-state index contributed by atoms with van der Waals surface area (Å²) in [7, 11) is 0. The van der Waals surface area contributed by atoms with Gasteiger partial charge in [-0.3, -0.25) is 0 Å². The lowest BCUT2D eigenvalue weighted by Gasteiger charge is -2.26. The van der Waals surface area contributed by atoms with E-state index in [1.807, 2.05) is 0 Å². The molecule has 134 valence electrons. The molecule has 0 atom stereocenters. The fraction of sp³-hybridized carbons (Fsp3) is 0.562. The second-order valence-electron chi connectivity index (χ2n) is 5.71. The Labute approximate surface area is 145 Å². The largest absolute Gasteiger partial charge is 0.573 e. The Bertz CT molecular complexity index is 516. The number of alkyl halides is 3. The van der Waals surface area contributed by atoms with Crippen LogP contribution in [0.3, 0.4) is 0 Å². The van der Waals surface area contributed by atoms with E-state index in [1.54, 1.807) is 0 Å². The van der Waals surface area contributed by atoms with Crippen molar-refractivity contribution in [1.82, 2.24) is 10.2 Å². The molecule has 2 rings (SSSR count). The van der Waals surface area contributed by atoms with Crippen LogP contribution in [0.1, 0.15) is 25.7 Å². The molecule has 8 heteroatoms. The summed E-state index contributed by atoms with van der Waals surface area (Å²) in [6.45, 7) is 4.17. The number of nitrogens with one attached hydrogen (secondary N) is 2. The van der Waals surface area contributed by atoms with Gasteiger partial charge in [0.05, 0.1) is 0 Å². The molecule has 1 saturated heterocycles. The number of ether oxygens (including phenoxy) is 1. The lowest BCUT2D eigenvalue weighted by molar-refractivity contribution is -0.274. The van der Waals surface area contributed by atoms with Crippen molar-refractivity contribution >= 4 is 23.0 Å². The van der Waals surface area contributed by atoms with Crippen LogP contribution in [0.5, 0.6) is 5.75 Å². The van der Waals surface area contributed by atoms with Crippen molar-refractivity contribution in [2.24, 2.45) is 0 Å². The molecule has 1 aromatic rings. The fourth-order valence-electron chi connectivity index (χ4n) is 2.60. The summed E-state index contributed by atoms with van der Waals surface area (Å²) in [5.41, 5.74) is 0.609. The van der Waals surface area contributed by atoms with Crippen LogP contribution in [0.15, 0.2) is 24.3 Å². The SMILES string of the molecule is FC(F)(F)Oc1ccc(NC(=S)NCCCN2CCCCC2)cc1. The Kier molecular flexibility index (Phi) is 7.11. The highest BCUT2D eigenvalue weighted by molar-refractivity contribution is 7.80. The van der Waals surface area contributed by atoms with E-state index >= 15 is 0 Å². The van der Waals surface area contributed by atoms with Crippen molar-refractivity contribution in [1.29, 1.82) is 0 Å². The molecule has 24 heavy (non-hydrogen) atoms. The van der Waals surface area contributed by atoms with Gasteiger partial charge in [0.1, 0.15) is 5.75 Å². The van der Waals surface area contributed by atoms with Crippen LogP contribution in [0.25, 0.3) is 0 Å². The zero-order chi connectivity index (χ0) is 17.4. The quantitative estimate of drug-likeness (QED) is 0.596. The molecule has 1 aliphatic rings. The molecule has 1 heterocycles. The number of piperidine rings is 1. The predicted octanol–water partition coefficient (Wildman–Crippen LogP) is 3.75. The number of rotatable bonds is 6. The zero-order valence-corrected chi connectivity index (χ0v) is 14.2. The maximum atomic E-state index is 12.1. The first-order valence-corrected chi connectivity index (χ1v) is 8.46. The van der Waals surface area contributed by atoms with Crippen molar-refractivity contribution in [2.45, 2.75) is 32.0 Å². The van der Waals surface area contributed by atoms with Gasteiger partial charge in [-0.25, -0.2) is 0 Å². The van der Waals surface area contributed by atoms with E-state index in [9.17, 15) is 13.2 Å². The Hall–Kier alpha value is -1.54. The maximum absolute atomic E-state index is 12.1. The maximum Gasteiger partial charge on any atom is 0.573 e. The summed E-state index contributed by atoms with van der Waals surface area (Å²) in [6, 6.07) is 5.47. The van der Waals surface area contributed by atoms with Crippen molar-refractivity contribution in [3.63, 3.8) is 0 Å². The number of nitrogens with zero attached hydrogens (tertiary/aromatic N) is 1. The Balaban J connectivity index is 1.64. The molecule has 0 spiro atoms. The second-order valence-corrected chi connectivity index (χ2v) is 6.12. The second kappa shape index (κ2) is 9.08. The van der Waals surface area contributed by atoms with Gasteiger partial charge in [0.25, 0.3) is 0 Å². The molecule has 4 nitrogen and oxygen atoms in total. The summed E-state index contributed by atoms with van der Waals surface area (Å²) in [4.78, 5) is 2.46. The van der Waals surface area contributed by atoms with Crippen LogP contribution < -0.4 is 15.4 Å². The first-order valence-electron chi connectivity index (χ1n) is 8.05. The average molecular weight is 361 g/mol. The molecule has 0 aromatic heterocycles. The lowest BCUT2D eigenvalue weighted by atomic mass is 10.1. The fourth-order valence-corrected chi connectivity index (χ4v) is 2.82. The molecular weight excluding hydrogens is 339 g/mol. The van der Waals surface area contributed by atoms with E-state index < -0.39 is 6.36 Å². The Morgan fingerprint density at radius 3 is 2.42 bits per heavy atom. The third kappa shape index (κ3) is 7.35. The number of likely N-dealkylation sites (tertiary alicyclic amines) is 1. The lowest BCUT2D eigenvalue weighted by Crippen LogP contribution is -2.34. The summed E-state index contributed by atoms with van der Waals surface area (Å²) < 4.78 is 40.1.